The number of nitrogens with zero attached hydrogens (tertiary/aromatic N) is 2. The number of hydrogen-bond acceptors (Lipinski definition) is 7. The summed E-state index contributed by atoms with van der Waals surface area (Å²) in [4.78, 5) is 21.5. The van der Waals surface area contributed by atoms with Gasteiger partial charge in [0.2, 0.25) is 5.91 Å². The Morgan fingerprint density at radius 1 is 1.42 bits per heavy atom. The lowest BCUT2D eigenvalue weighted by Crippen LogP contribution is -2.40. The molecular formula is C15H16F3N3O3S2. The fourth-order valence-corrected chi connectivity index (χ4v) is 4.19. The Morgan fingerprint density at radius 3 is 2.77 bits per heavy atom. The van der Waals surface area contributed by atoms with Gasteiger partial charge in [0.25, 0.3) is 0 Å². The van der Waals surface area contributed by atoms with E-state index in [0.717, 1.165) is 10.6 Å². The zero-order valence-corrected chi connectivity index (χ0v) is 15.3. The Hall–Kier alpha value is -1.56. The van der Waals surface area contributed by atoms with E-state index in [-0.39, 0.29) is 31.3 Å². The maximum Gasteiger partial charge on any atom is 0.411 e. The topological polar surface area (TPSA) is 84.3 Å². The van der Waals surface area contributed by atoms with Crippen LogP contribution in [0.3, 0.4) is 0 Å². The van der Waals surface area contributed by atoms with Crippen molar-refractivity contribution in [2.45, 2.75) is 38.7 Å². The number of aliphatic hydroxyl groups excluding tert-OH is 1. The van der Waals surface area contributed by atoms with Crippen LogP contribution in [0.15, 0.2) is 5.38 Å². The standard InChI is InChI=1S/C15H16F3N3O3S2/c1-7-12(26-11(4-22)19-7)10-5-25-14(20-10)21-13(23)8-2-9(3-8)24-6-15(16,17)18/h5,8-9,22H,2-4,6H2,1H3,(H,20,21,23). The summed E-state index contributed by atoms with van der Waals surface area (Å²) in [5.41, 5.74) is 1.42. The third-order valence-electron chi connectivity index (χ3n) is 3.89. The van der Waals surface area contributed by atoms with Gasteiger partial charge in [-0.1, -0.05) is 0 Å². The van der Waals surface area contributed by atoms with Crippen molar-refractivity contribution in [3.63, 3.8) is 0 Å². The summed E-state index contributed by atoms with van der Waals surface area (Å²) in [6, 6.07) is 0. The number of nitrogens with one attached hydrogen (secondary N) is 1. The smallest absolute Gasteiger partial charge is 0.389 e. The van der Waals surface area contributed by atoms with E-state index >= 15 is 0 Å². The van der Waals surface area contributed by atoms with Crippen molar-refractivity contribution in [2.75, 3.05) is 11.9 Å². The first kappa shape index (κ1) is 19.2. The lowest BCUT2D eigenvalue weighted by Gasteiger charge is -2.33. The predicted octanol–water partition coefficient (Wildman–Crippen LogP) is 3.36. The van der Waals surface area contributed by atoms with Gasteiger partial charge >= 0.3 is 6.18 Å². The molecule has 2 N–H and O–H groups in total. The number of rotatable bonds is 6. The van der Waals surface area contributed by atoms with Crippen LogP contribution >= 0.6 is 22.7 Å². The van der Waals surface area contributed by atoms with Gasteiger partial charge < -0.3 is 15.2 Å². The second kappa shape index (κ2) is 7.59. The average Bonchev–Trinajstić information content (AvgIpc) is 3.10. The predicted molar refractivity (Wildman–Crippen MR) is 91.0 cm³/mol. The van der Waals surface area contributed by atoms with Crippen molar-refractivity contribution in [3.05, 3.63) is 16.1 Å². The molecule has 11 heteroatoms. The Morgan fingerprint density at radius 2 is 2.15 bits per heavy atom. The van der Waals surface area contributed by atoms with E-state index in [1.54, 1.807) is 5.38 Å². The number of aromatic nitrogens is 2. The van der Waals surface area contributed by atoms with E-state index in [1.807, 2.05) is 6.92 Å². The van der Waals surface area contributed by atoms with Crippen molar-refractivity contribution in [3.8, 4) is 10.6 Å². The molecule has 26 heavy (non-hydrogen) atoms. The highest BCUT2D eigenvalue weighted by molar-refractivity contribution is 7.17. The fourth-order valence-electron chi connectivity index (χ4n) is 2.53. The number of halogens is 3. The van der Waals surface area contributed by atoms with Gasteiger partial charge in [-0.3, -0.25) is 4.79 Å². The molecule has 0 aromatic carbocycles. The third kappa shape index (κ3) is 4.58. The minimum absolute atomic E-state index is 0.140. The molecular weight excluding hydrogens is 391 g/mol. The van der Waals surface area contributed by atoms with Crippen molar-refractivity contribution in [2.24, 2.45) is 5.92 Å². The molecule has 142 valence electrons. The van der Waals surface area contributed by atoms with Crippen LogP contribution in [-0.2, 0) is 16.1 Å². The van der Waals surface area contributed by atoms with Crippen molar-refractivity contribution < 1.29 is 27.8 Å². The van der Waals surface area contributed by atoms with E-state index in [4.69, 9.17) is 9.84 Å². The molecule has 0 spiro atoms. The number of carbonyl (C=O) groups is 1. The van der Waals surface area contributed by atoms with Gasteiger partial charge in [0.1, 0.15) is 11.6 Å². The summed E-state index contributed by atoms with van der Waals surface area (Å²) in [5, 5.41) is 14.6. The van der Waals surface area contributed by atoms with Gasteiger partial charge in [-0.25, -0.2) is 9.97 Å². The number of alkyl halides is 3. The maximum atomic E-state index is 12.1. The van der Waals surface area contributed by atoms with Gasteiger partial charge in [-0.05, 0) is 19.8 Å². The van der Waals surface area contributed by atoms with E-state index < -0.39 is 18.9 Å². The number of ether oxygens (including phenoxy) is 1. The molecule has 2 aromatic heterocycles. The molecule has 1 fully saturated rings. The highest BCUT2D eigenvalue weighted by Gasteiger charge is 2.38. The summed E-state index contributed by atoms with van der Waals surface area (Å²) < 4.78 is 41.0. The average molecular weight is 407 g/mol. The van der Waals surface area contributed by atoms with Crippen LogP contribution in [0.2, 0.25) is 0 Å². The highest BCUT2D eigenvalue weighted by atomic mass is 32.1. The number of carbonyl (C=O) groups excluding carboxylic acids is 1. The molecule has 3 rings (SSSR count). The normalized spacial score (nSPS) is 20.0. The number of thiazole rings is 2. The van der Waals surface area contributed by atoms with Crippen LogP contribution in [0, 0.1) is 12.8 Å². The quantitative estimate of drug-likeness (QED) is 0.767. The van der Waals surface area contributed by atoms with Crippen LogP contribution < -0.4 is 5.32 Å². The van der Waals surface area contributed by atoms with Crippen LogP contribution in [0.1, 0.15) is 23.5 Å². The number of hydrogen-bond donors (Lipinski definition) is 2. The SMILES string of the molecule is Cc1nc(CO)sc1-c1csc(NC(=O)C2CC(OCC(F)(F)F)C2)n1. The molecule has 1 aliphatic rings. The fraction of sp³-hybridized carbons (Fsp3) is 0.533. The first-order chi connectivity index (χ1) is 12.2. The molecule has 2 heterocycles. The molecule has 1 aliphatic carbocycles. The molecule has 1 saturated carbocycles. The molecule has 0 atom stereocenters. The maximum absolute atomic E-state index is 12.1. The number of aliphatic hydroxyl groups is 1. The van der Waals surface area contributed by atoms with E-state index in [1.165, 1.54) is 22.7 Å². The zero-order valence-electron chi connectivity index (χ0n) is 13.7. The van der Waals surface area contributed by atoms with Crippen LogP contribution in [0.5, 0.6) is 0 Å². The molecule has 2 aromatic rings. The Bertz CT molecular complexity index is 785. The monoisotopic (exact) mass is 407 g/mol. The minimum atomic E-state index is -4.35. The summed E-state index contributed by atoms with van der Waals surface area (Å²) >= 11 is 2.59. The second-order valence-corrected chi connectivity index (χ2v) is 7.87. The van der Waals surface area contributed by atoms with Crippen LogP contribution in [0.25, 0.3) is 10.6 Å². The summed E-state index contributed by atoms with van der Waals surface area (Å²) in [6.07, 6.45) is -4.34. The summed E-state index contributed by atoms with van der Waals surface area (Å²) in [7, 11) is 0. The summed E-state index contributed by atoms with van der Waals surface area (Å²) in [6.45, 7) is 0.391. The summed E-state index contributed by atoms with van der Waals surface area (Å²) in [5.74, 6) is -0.637. The molecule has 1 amide bonds. The lowest BCUT2D eigenvalue weighted by molar-refractivity contribution is -0.196. The molecule has 0 unspecified atom stereocenters. The highest BCUT2D eigenvalue weighted by Crippen LogP contribution is 2.35. The Labute approximate surface area is 155 Å². The first-order valence-corrected chi connectivity index (χ1v) is 9.47. The lowest BCUT2D eigenvalue weighted by atomic mass is 9.81. The Balaban J connectivity index is 1.52. The first-order valence-electron chi connectivity index (χ1n) is 7.77. The molecule has 0 aliphatic heterocycles. The second-order valence-electron chi connectivity index (χ2n) is 5.92. The number of amides is 1. The Kier molecular flexibility index (Phi) is 5.61. The van der Waals surface area contributed by atoms with Gasteiger partial charge in [-0.2, -0.15) is 13.2 Å². The number of aryl methyl sites for hydroxylation is 1. The minimum Gasteiger partial charge on any atom is -0.389 e. The van der Waals surface area contributed by atoms with Gasteiger partial charge in [0.15, 0.2) is 5.13 Å². The van der Waals surface area contributed by atoms with Crippen molar-refractivity contribution in [1.29, 1.82) is 0 Å². The van der Waals surface area contributed by atoms with Crippen LogP contribution in [0.4, 0.5) is 18.3 Å². The van der Waals surface area contributed by atoms with Crippen molar-refractivity contribution in [1.82, 2.24) is 9.97 Å². The molecule has 0 saturated heterocycles. The third-order valence-corrected chi connectivity index (χ3v) is 5.81. The number of anilines is 1. The molecule has 6 nitrogen and oxygen atoms in total. The zero-order chi connectivity index (χ0) is 18.9. The van der Waals surface area contributed by atoms with E-state index in [0.29, 0.717) is 15.8 Å². The van der Waals surface area contributed by atoms with Gasteiger partial charge in [0.05, 0.1) is 29.0 Å². The van der Waals surface area contributed by atoms with E-state index in [2.05, 4.69) is 15.3 Å². The molecule has 0 radical (unpaired) electrons. The van der Waals surface area contributed by atoms with Gasteiger partial charge in [-0.15, -0.1) is 22.7 Å². The van der Waals surface area contributed by atoms with Crippen molar-refractivity contribution >= 4 is 33.7 Å². The van der Waals surface area contributed by atoms with E-state index in [9.17, 15) is 18.0 Å². The van der Waals surface area contributed by atoms with Gasteiger partial charge in [0, 0.05) is 11.3 Å². The molecule has 0 bridgehead atoms. The largest absolute Gasteiger partial charge is 0.411 e. The van der Waals surface area contributed by atoms with Crippen LogP contribution in [-0.4, -0.2) is 39.9 Å².